The van der Waals surface area contributed by atoms with E-state index in [1.54, 1.807) is 20.0 Å². The van der Waals surface area contributed by atoms with Crippen molar-refractivity contribution in [3.05, 3.63) is 16.1 Å². The third-order valence-electron chi connectivity index (χ3n) is 3.39. The van der Waals surface area contributed by atoms with Gasteiger partial charge in [0.1, 0.15) is 0 Å². The third kappa shape index (κ3) is 3.81. The first-order valence-corrected chi connectivity index (χ1v) is 7.95. The van der Waals surface area contributed by atoms with E-state index in [4.69, 9.17) is 9.47 Å². The Morgan fingerprint density at radius 3 is 2.10 bits per heavy atom. The molecular formula is C15H23NO4S. The Bertz CT molecular complexity index is 478. The van der Waals surface area contributed by atoms with Crippen LogP contribution >= 0.6 is 11.3 Å². The lowest BCUT2D eigenvalue weighted by atomic mass is 9.74. The van der Waals surface area contributed by atoms with Crippen molar-refractivity contribution in [1.82, 2.24) is 4.98 Å². The molecule has 0 radical (unpaired) electrons. The molecule has 0 aliphatic rings. The summed E-state index contributed by atoms with van der Waals surface area (Å²) in [4.78, 5) is 30.1. The molecule has 0 saturated carbocycles. The molecule has 5 nitrogen and oxygen atoms in total. The Morgan fingerprint density at radius 1 is 1.24 bits per heavy atom. The molecule has 0 fully saturated rings. The predicted octanol–water partition coefficient (Wildman–Crippen LogP) is 2.76. The van der Waals surface area contributed by atoms with Crippen LogP contribution in [-0.2, 0) is 25.5 Å². The van der Waals surface area contributed by atoms with E-state index in [1.807, 2.05) is 20.8 Å². The van der Waals surface area contributed by atoms with Crippen molar-refractivity contribution < 1.29 is 19.1 Å². The number of carbonyl (C=O) groups excluding carboxylic acids is 2. The van der Waals surface area contributed by atoms with Gasteiger partial charge in [-0.05, 0) is 26.7 Å². The van der Waals surface area contributed by atoms with E-state index in [9.17, 15) is 9.59 Å². The van der Waals surface area contributed by atoms with Crippen molar-refractivity contribution in [1.29, 1.82) is 0 Å². The topological polar surface area (TPSA) is 65.5 Å². The highest BCUT2D eigenvalue weighted by atomic mass is 32.1. The number of nitrogens with zero attached hydrogens (tertiary/aromatic N) is 1. The van der Waals surface area contributed by atoms with Gasteiger partial charge in [0.15, 0.2) is 5.41 Å². The first-order chi connectivity index (χ1) is 9.88. The molecule has 0 N–H and O–H groups in total. The molecule has 1 heterocycles. The lowest BCUT2D eigenvalue weighted by molar-refractivity contribution is -0.175. The largest absolute Gasteiger partial charge is 0.465 e. The van der Waals surface area contributed by atoms with Crippen LogP contribution in [0.15, 0.2) is 6.20 Å². The van der Waals surface area contributed by atoms with E-state index in [2.05, 4.69) is 4.98 Å². The van der Waals surface area contributed by atoms with Crippen LogP contribution in [0.2, 0.25) is 0 Å². The number of carbonyl (C=O) groups is 2. The van der Waals surface area contributed by atoms with Gasteiger partial charge in [-0.3, -0.25) is 9.59 Å². The van der Waals surface area contributed by atoms with E-state index < -0.39 is 17.4 Å². The van der Waals surface area contributed by atoms with Gasteiger partial charge in [0.05, 0.1) is 18.2 Å². The van der Waals surface area contributed by atoms with Crippen LogP contribution in [-0.4, -0.2) is 30.1 Å². The first kappa shape index (κ1) is 17.6. The molecule has 1 aromatic rings. The Kier molecular flexibility index (Phi) is 6.33. The monoisotopic (exact) mass is 313 g/mol. The van der Waals surface area contributed by atoms with Crippen LogP contribution in [0.25, 0.3) is 0 Å². The molecule has 1 aromatic heterocycles. The fourth-order valence-electron chi connectivity index (χ4n) is 2.18. The van der Waals surface area contributed by atoms with Gasteiger partial charge in [0.25, 0.3) is 0 Å². The van der Waals surface area contributed by atoms with Gasteiger partial charge in [0, 0.05) is 17.5 Å². The second-order valence-corrected chi connectivity index (χ2v) is 6.41. The van der Waals surface area contributed by atoms with Crippen LogP contribution in [0.3, 0.4) is 0 Å². The highest BCUT2D eigenvalue weighted by Crippen LogP contribution is 2.36. The summed E-state index contributed by atoms with van der Waals surface area (Å²) in [5.74, 6) is -1.29. The summed E-state index contributed by atoms with van der Waals surface area (Å²) in [6.07, 6.45) is 1.96. The summed E-state index contributed by atoms with van der Waals surface area (Å²) in [5.41, 5.74) is -1.31. The van der Waals surface area contributed by atoms with Gasteiger partial charge in [0.2, 0.25) is 0 Å². The molecule has 1 rings (SSSR count). The number of esters is 2. The predicted molar refractivity (Wildman–Crippen MR) is 81.1 cm³/mol. The lowest BCUT2D eigenvalue weighted by Gasteiger charge is -2.32. The van der Waals surface area contributed by atoms with Crippen molar-refractivity contribution in [2.45, 2.75) is 41.0 Å². The standard InChI is InChI=1S/C15H23NO4S/c1-6-19-13(17)15(10(3)4,14(18)20-7-2)8-12-9-16-11(5)21-12/h9-10H,6-8H2,1-5H3. The van der Waals surface area contributed by atoms with E-state index >= 15 is 0 Å². The number of aryl methyl sites for hydroxylation is 1. The van der Waals surface area contributed by atoms with Gasteiger partial charge in [-0.1, -0.05) is 13.8 Å². The molecule has 0 bridgehead atoms. The third-order valence-corrected chi connectivity index (χ3v) is 4.30. The van der Waals surface area contributed by atoms with Crippen molar-refractivity contribution in [2.75, 3.05) is 13.2 Å². The number of hydrogen-bond acceptors (Lipinski definition) is 6. The summed E-state index contributed by atoms with van der Waals surface area (Å²) in [7, 11) is 0. The van der Waals surface area contributed by atoms with Crippen molar-refractivity contribution in [2.24, 2.45) is 11.3 Å². The minimum absolute atomic E-state index is 0.231. The fraction of sp³-hybridized carbons (Fsp3) is 0.667. The van der Waals surface area contributed by atoms with E-state index in [-0.39, 0.29) is 25.6 Å². The fourth-order valence-corrected chi connectivity index (χ4v) is 3.07. The molecule has 0 atom stereocenters. The maximum atomic E-state index is 12.5. The number of hydrogen-bond donors (Lipinski definition) is 0. The zero-order valence-corrected chi connectivity index (χ0v) is 14.1. The molecule has 0 aliphatic heterocycles. The van der Waals surface area contributed by atoms with Crippen LogP contribution in [0, 0.1) is 18.3 Å². The summed E-state index contributed by atoms with van der Waals surface area (Å²) in [5, 5.41) is 0.898. The maximum Gasteiger partial charge on any atom is 0.324 e. The molecule has 0 aromatic carbocycles. The molecule has 0 unspecified atom stereocenters. The van der Waals surface area contributed by atoms with Crippen LogP contribution in [0.5, 0.6) is 0 Å². The van der Waals surface area contributed by atoms with Crippen molar-refractivity contribution in [3.63, 3.8) is 0 Å². The number of aromatic nitrogens is 1. The number of thiazole rings is 1. The molecule has 118 valence electrons. The van der Waals surface area contributed by atoms with Gasteiger partial charge in [-0.25, -0.2) is 4.98 Å². The Labute approximate surface area is 129 Å². The molecule has 0 amide bonds. The average molecular weight is 313 g/mol. The van der Waals surface area contributed by atoms with Gasteiger partial charge < -0.3 is 9.47 Å². The SMILES string of the molecule is CCOC(=O)C(Cc1cnc(C)s1)(C(=O)OCC)C(C)C. The molecule has 6 heteroatoms. The van der Waals surface area contributed by atoms with Gasteiger partial charge in [-0.2, -0.15) is 0 Å². The molecular weight excluding hydrogens is 290 g/mol. The highest BCUT2D eigenvalue weighted by molar-refractivity contribution is 7.11. The first-order valence-electron chi connectivity index (χ1n) is 7.14. The summed E-state index contributed by atoms with van der Waals surface area (Å²) in [6, 6.07) is 0. The van der Waals surface area contributed by atoms with Gasteiger partial charge in [-0.15, -0.1) is 11.3 Å². The zero-order valence-electron chi connectivity index (χ0n) is 13.3. The second kappa shape index (κ2) is 7.54. The Hall–Kier alpha value is -1.43. The second-order valence-electron chi connectivity index (χ2n) is 5.09. The van der Waals surface area contributed by atoms with Crippen LogP contribution in [0.1, 0.15) is 37.6 Å². The van der Waals surface area contributed by atoms with Gasteiger partial charge >= 0.3 is 11.9 Å². The Morgan fingerprint density at radius 2 is 1.76 bits per heavy atom. The Balaban J connectivity index is 3.22. The minimum Gasteiger partial charge on any atom is -0.465 e. The summed E-state index contributed by atoms with van der Waals surface area (Å²) in [6.45, 7) is 9.47. The lowest BCUT2D eigenvalue weighted by Crippen LogP contribution is -2.47. The molecule has 21 heavy (non-hydrogen) atoms. The quantitative estimate of drug-likeness (QED) is 0.572. The molecule has 0 spiro atoms. The maximum absolute atomic E-state index is 12.5. The zero-order chi connectivity index (χ0) is 16.0. The normalized spacial score (nSPS) is 11.5. The minimum atomic E-state index is -1.31. The number of rotatable bonds is 7. The highest BCUT2D eigenvalue weighted by Gasteiger charge is 2.51. The van der Waals surface area contributed by atoms with E-state index in [1.165, 1.54) is 11.3 Å². The smallest absolute Gasteiger partial charge is 0.324 e. The van der Waals surface area contributed by atoms with E-state index in [0.29, 0.717) is 0 Å². The molecule has 0 aliphatic carbocycles. The molecule has 0 saturated heterocycles. The number of ether oxygens (including phenoxy) is 2. The summed E-state index contributed by atoms with van der Waals surface area (Å²) < 4.78 is 10.3. The van der Waals surface area contributed by atoms with E-state index in [0.717, 1.165) is 9.88 Å². The van der Waals surface area contributed by atoms with Crippen LogP contribution in [0.4, 0.5) is 0 Å². The summed E-state index contributed by atoms with van der Waals surface area (Å²) >= 11 is 1.48. The van der Waals surface area contributed by atoms with Crippen LogP contribution < -0.4 is 0 Å². The van der Waals surface area contributed by atoms with Crippen molar-refractivity contribution >= 4 is 23.3 Å². The van der Waals surface area contributed by atoms with Crippen molar-refractivity contribution in [3.8, 4) is 0 Å². The average Bonchev–Trinajstić information content (AvgIpc) is 2.81.